The summed E-state index contributed by atoms with van der Waals surface area (Å²) in [6, 6.07) is 1.16. The van der Waals surface area contributed by atoms with E-state index in [2.05, 4.69) is 4.72 Å². The van der Waals surface area contributed by atoms with E-state index in [4.69, 9.17) is 5.11 Å². The summed E-state index contributed by atoms with van der Waals surface area (Å²) >= 11 is 0. The van der Waals surface area contributed by atoms with E-state index in [1.54, 1.807) is 13.8 Å². The molecular formula is C9H14N2O4S. The zero-order valence-electron chi connectivity index (χ0n) is 9.10. The van der Waals surface area contributed by atoms with Gasteiger partial charge in [0, 0.05) is 19.3 Å². The molecule has 6 nitrogen and oxygen atoms in total. The average molecular weight is 246 g/mol. The third kappa shape index (κ3) is 2.42. The lowest BCUT2D eigenvalue weighted by atomic mass is 10.4. The van der Waals surface area contributed by atoms with Crippen LogP contribution in [0.1, 0.15) is 24.3 Å². The minimum atomic E-state index is -3.59. The largest absolute Gasteiger partial charge is 0.477 e. The molecule has 0 spiro atoms. The number of aromatic nitrogens is 1. The van der Waals surface area contributed by atoms with Crippen LogP contribution in [0.15, 0.2) is 17.2 Å². The highest BCUT2D eigenvalue weighted by Gasteiger charge is 2.19. The molecule has 1 aromatic rings. The molecule has 0 unspecified atom stereocenters. The van der Waals surface area contributed by atoms with Crippen molar-refractivity contribution in [3.05, 3.63) is 18.0 Å². The van der Waals surface area contributed by atoms with Crippen LogP contribution in [0.3, 0.4) is 0 Å². The van der Waals surface area contributed by atoms with Crippen molar-refractivity contribution in [2.45, 2.75) is 25.3 Å². The molecule has 0 amide bonds. The number of aryl methyl sites for hydroxylation is 1. The number of nitrogens with zero attached hydrogens (tertiary/aromatic N) is 1. The highest BCUT2D eigenvalue weighted by atomic mass is 32.2. The van der Waals surface area contributed by atoms with Crippen LogP contribution in [0.4, 0.5) is 0 Å². The van der Waals surface area contributed by atoms with Crippen LogP contribution < -0.4 is 4.72 Å². The lowest BCUT2D eigenvalue weighted by Crippen LogP contribution is -2.22. The van der Waals surface area contributed by atoms with Gasteiger partial charge in [0.1, 0.15) is 10.6 Å². The fourth-order valence-corrected chi connectivity index (χ4v) is 2.42. The second kappa shape index (κ2) is 4.67. The maximum Gasteiger partial charge on any atom is 0.352 e. The molecule has 16 heavy (non-hydrogen) atoms. The summed E-state index contributed by atoms with van der Waals surface area (Å²) in [4.78, 5) is 10.8. The van der Waals surface area contributed by atoms with Gasteiger partial charge in [-0.05, 0) is 13.0 Å². The highest BCUT2D eigenvalue weighted by molar-refractivity contribution is 7.89. The van der Waals surface area contributed by atoms with E-state index in [0.717, 1.165) is 6.07 Å². The molecule has 1 rings (SSSR count). The van der Waals surface area contributed by atoms with E-state index in [9.17, 15) is 13.2 Å². The van der Waals surface area contributed by atoms with Crippen LogP contribution in [0.2, 0.25) is 0 Å². The van der Waals surface area contributed by atoms with Crippen molar-refractivity contribution < 1.29 is 18.3 Å². The van der Waals surface area contributed by atoms with E-state index < -0.39 is 16.0 Å². The number of nitrogens with one attached hydrogen (secondary N) is 1. The van der Waals surface area contributed by atoms with Crippen molar-refractivity contribution in [1.82, 2.24) is 9.29 Å². The number of hydrogen-bond acceptors (Lipinski definition) is 3. The van der Waals surface area contributed by atoms with Crippen LogP contribution in [-0.2, 0) is 16.6 Å². The van der Waals surface area contributed by atoms with Crippen LogP contribution in [-0.4, -0.2) is 30.6 Å². The van der Waals surface area contributed by atoms with E-state index in [1.807, 2.05) is 0 Å². The van der Waals surface area contributed by atoms with Crippen molar-refractivity contribution in [3.63, 3.8) is 0 Å². The number of sulfonamides is 1. The smallest absolute Gasteiger partial charge is 0.352 e. The van der Waals surface area contributed by atoms with Gasteiger partial charge in [0.15, 0.2) is 0 Å². The van der Waals surface area contributed by atoms with Gasteiger partial charge in [-0.3, -0.25) is 0 Å². The molecule has 1 aromatic heterocycles. The molecule has 0 aliphatic heterocycles. The fraction of sp³-hybridized carbons (Fsp3) is 0.444. The number of carbonyl (C=O) groups is 1. The summed E-state index contributed by atoms with van der Waals surface area (Å²) in [5, 5.41) is 8.87. The van der Waals surface area contributed by atoms with Gasteiger partial charge in [0.2, 0.25) is 10.0 Å². The molecule has 0 atom stereocenters. The van der Waals surface area contributed by atoms with Crippen LogP contribution in [0, 0.1) is 0 Å². The Morgan fingerprint density at radius 3 is 2.50 bits per heavy atom. The lowest BCUT2D eigenvalue weighted by molar-refractivity contribution is 0.0685. The Morgan fingerprint density at radius 2 is 2.12 bits per heavy atom. The van der Waals surface area contributed by atoms with Gasteiger partial charge in [-0.2, -0.15) is 0 Å². The van der Waals surface area contributed by atoms with E-state index in [1.165, 1.54) is 10.8 Å². The lowest BCUT2D eigenvalue weighted by Gasteiger charge is -2.00. The SMILES string of the molecule is CCNS(=O)(=O)c1cc(C(=O)O)n(CC)c1. The number of aromatic carboxylic acids is 1. The third-order valence-electron chi connectivity index (χ3n) is 2.08. The number of carboxylic acids is 1. The van der Waals surface area contributed by atoms with Crippen molar-refractivity contribution in [2.75, 3.05) is 6.54 Å². The minimum Gasteiger partial charge on any atom is -0.477 e. The molecule has 0 saturated carbocycles. The van der Waals surface area contributed by atoms with Gasteiger partial charge in [-0.1, -0.05) is 6.92 Å². The zero-order valence-corrected chi connectivity index (χ0v) is 9.91. The van der Waals surface area contributed by atoms with Crippen molar-refractivity contribution >= 4 is 16.0 Å². The van der Waals surface area contributed by atoms with Crippen molar-refractivity contribution in [2.24, 2.45) is 0 Å². The molecule has 0 aromatic carbocycles. The van der Waals surface area contributed by atoms with E-state index >= 15 is 0 Å². The van der Waals surface area contributed by atoms with E-state index in [0.29, 0.717) is 6.54 Å². The summed E-state index contributed by atoms with van der Waals surface area (Å²) < 4.78 is 26.9. The average Bonchev–Trinajstić information content (AvgIpc) is 2.61. The summed E-state index contributed by atoms with van der Waals surface area (Å²) in [6.45, 7) is 4.08. The van der Waals surface area contributed by atoms with Crippen molar-refractivity contribution in [3.8, 4) is 0 Å². The predicted molar refractivity (Wildman–Crippen MR) is 57.9 cm³/mol. The predicted octanol–water partition coefficient (Wildman–Crippen LogP) is 0.504. The Bertz CT molecular complexity index is 490. The first-order valence-corrected chi connectivity index (χ1v) is 6.33. The molecule has 0 radical (unpaired) electrons. The Balaban J connectivity index is 3.23. The molecule has 2 N–H and O–H groups in total. The first-order chi connectivity index (χ1) is 7.42. The molecule has 0 fully saturated rings. The van der Waals surface area contributed by atoms with Gasteiger partial charge < -0.3 is 9.67 Å². The Labute approximate surface area is 93.9 Å². The maximum absolute atomic E-state index is 11.6. The Hall–Kier alpha value is -1.34. The monoisotopic (exact) mass is 246 g/mol. The van der Waals surface area contributed by atoms with Gasteiger partial charge >= 0.3 is 5.97 Å². The molecule has 0 bridgehead atoms. The van der Waals surface area contributed by atoms with Gasteiger partial charge in [-0.15, -0.1) is 0 Å². The summed E-state index contributed by atoms with van der Waals surface area (Å²) in [7, 11) is -3.59. The highest BCUT2D eigenvalue weighted by Crippen LogP contribution is 2.14. The molecule has 7 heteroatoms. The topological polar surface area (TPSA) is 88.4 Å². The molecule has 1 heterocycles. The molecule has 0 saturated heterocycles. The number of hydrogen-bond donors (Lipinski definition) is 2. The Kier molecular flexibility index (Phi) is 3.71. The Morgan fingerprint density at radius 1 is 1.50 bits per heavy atom. The second-order valence-corrected chi connectivity index (χ2v) is 4.92. The van der Waals surface area contributed by atoms with Crippen molar-refractivity contribution in [1.29, 1.82) is 0 Å². The number of rotatable bonds is 5. The normalized spacial score (nSPS) is 11.6. The minimum absolute atomic E-state index is 0.0198. The molecule has 90 valence electrons. The molecule has 0 aliphatic carbocycles. The first kappa shape index (κ1) is 12.7. The summed E-state index contributed by atoms with van der Waals surface area (Å²) in [5.41, 5.74) is -0.0287. The second-order valence-electron chi connectivity index (χ2n) is 3.15. The fourth-order valence-electron chi connectivity index (χ4n) is 1.34. The zero-order chi connectivity index (χ0) is 12.3. The molecular weight excluding hydrogens is 232 g/mol. The maximum atomic E-state index is 11.6. The third-order valence-corrected chi connectivity index (χ3v) is 3.59. The number of carboxylic acid groups (broad SMARTS) is 1. The standard InChI is InChI=1S/C9H14N2O4S/c1-3-10-16(14,15)7-5-8(9(12)13)11(4-2)6-7/h5-6,10H,3-4H2,1-2H3,(H,12,13). The molecule has 0 aliphatic rings. The quantitative estimate of drug-likeness (QED) is 0.792. The van der Waals surface area contributed by atoms with Gasteiger partial charge in [-0.25, -0.2) is 17.9 Å². The summed E-state index contributed by atoms with van der Waals surface area (Å²) in [6.07, 6.45) is 1.32. The first-order valence-electron chi connectivity index (χ1n) is 4.85. The van der Waals surface area contributed by atoms with Gasteiger partial charge in [0.25, 0.3) is 0 Å². The van der Waals surface area contributed by atoms with Crippen LogP contribution in [0.25, 0.3) is 0 Å². The van der Waals surface area contributed by atoms with Crippen LogP contribution in [0.5, 0.6) is 0 Å². The van der Waals surface area contributed by atoms with E-state index in [-0.39, 0.29) is 17.1 Å². The van der Waals surface area contributed by atoms with Gasteiger partial charge in [0.05, 0.1) is 0 Å². The summed E-state index contributed by atoms with van der Waals surface area (Å²) in [5.74, 6) is -1.14. The van der Waals surface area contributed by atoms with Crippen LogP contribution >= 0.6 is 0 Å².